The van der Waals surface area contributed by atoms with Crippen molar-refractivity contribution in [3.63, 3.8) is 0 Å². The molecule has 0 saturated carbocycles. The molecular weight excluding hydrogens is 298 g/mol. The molecule has 0 radical (unpaired) electrons. The number of hydrogen-bond acceptors (Lipinski definition) is 2. The molecule has 2 aromatic rings. The lowest BCUT2D eigenvalue weighted by atomic mass is 10.1. The highest BCUT2D eigenvalue weighted by molar-refractivity contribution is 6.17. The van der Waals surface area contributed by atoms with E-state index in [1.54, 1.807) is 0 Å². The Kier molecular flexibility index (Phi) is 6.78. The van der Waals surface area contributed by atoms with Gasteiger partial charge < -0.3 is 10.1 Å². The van der Waals surface area contributed by atoms with Crippen LogP contribution in [0, 0.1) is 0 Å². The van der Waals surface area contributed by atoms with E-state index < -0.39 is 0 Å². The van der Waals surface area contributed by atoms with Crippen LogP contribution in [-0.2, 0) is 4.79 Å². The van der Waals surface area contributed by atoms with Crippen LogP contribution < -0.4 is 10.1 Å². The molecular formula is C18H20ClNO2. The van der Waals surface area contributed by atoms with Crippen LogP contribution in [-0.4, -0.2) is 24.9 Å². The Balaban J connectivity index is 1.87. The van der Waals surface area contributed by atoms with Crippen molar-refractivity contribution in [3.8, 4) is 16.9 Å². The molecule has 0 aliphatic heterocycles. The number of carbonyl (C=O) groups is 1. The van der Waals surface area contributed by atoms with Crippen molar-refractivity contribution in [2.45, 2.75) is 12.8 Å². The van der Waals surface area contributed by atoms with Gasteiger partial charge in [0.1, 0.15) is 12.4 Å². The Morgan fingerprint density at radius 2 is 1.77 bits per heavy atom. The molecule has 0 unspecified atom stereocenters. The van der Waals surface area contributed by atoms with Gasteiger partial charge in [-0.2, -0.15) is 0 Å². The molecule has 0 fully saturated rings. The summed E-state index contributed by atoms with van der Waals surface area (Å²) in [7, 11) is 0. The van der Waals surface area contributed by atoms with E-state index in [0.717, 1.165) is 16.9 Å². The summed E-state index contributed by atoms with van der Waals surface area (Å²) < 4.78 is 5.81. The first kappa shape index (κ1) is 16.4. The van der Waals surface area contributed by atoms with Gasteiger partial charge >= 0.3 is 0 Å². The Labute approximate surface area is 136 Å². The first-order valence-corrected chi connectivity index (χ1v) is 7.94. The SMILES string of the molecule is O=C(CCCCl)NCCOc1ccccc1-c1ccccc1. The minimum Gasteiger partial charge on any atom is -0.491 e. The second kappa shape index (κ2) is 9.11. The Morgan fingerprint density at radius 1 is 1.05 bits per heavy atom. The van der Waals surface area contributed by atoms with Crippen molar-refractivity contribution in [2.24, 2.45) is 0 Å². The van der Waals surface area contributed by atoms with Gasteiger partial charge in [-0.15, -0.1) is 11.6 Å². The van der Waals surface area contributed by atoms with E-state index in [4.69, 9.17) is 16.3 Å². The molecule has 0 atom stereocenters. The summed E-state index contributed by atoms with van der Waals surface area (Å²) >= 11 is 5.56. The molecule has 2 rings (SSSR count). The van der Waals surface area contributed by atoms with Crippen LogP contribution in [0.4, 0.5) is 0 Å². The van der Waals surface area contributed by atoms with Gasteiger partial charge in [0.2, 0.25) is 5.91 Å². The van der Waals surface area contributed by atoms with Crippen LogP contribution in [0.3, 0.4) is 0 Å². The van der Waals surface area contributed by atoms with Crippen LogP contribution >= 0.6 is 11.6 Å². The van der Waals surface area contributed by atoms with Gasteiger partial charge in [-0.3, -0.25) is 4.79 Å². The second-order valence-electron chi connectivity index (χ2n) is 4.85. The normalized spacial score (nSPS) is 10.2. The van der Waals surface area contributed by atoms with E-state index >= 15 is 0 Å². The van der Waals surface area contributed by atoms with Crippen molar-refractivity contribution in [2.75, 3.05) is 19.0 Å². The largest absolute Gasteiger partial charge is 0.491 e. The first-order valence-electron chi connectivity index (χ1n) is 7.41. The van der Waals surface area contributed by atoms with Gasteiger partial charge in [-0.25, -0.2) is 0 Å². The molecule has 0 aliphatic carbocycles. The highest BCUT2D eigenvalue weighted by Crippen LogP contribution is 2.29. The lowest BCUT2D eigenvalue weighted by molar-refractivity contribution is -0.121. The van der Waals surface area contributed by atoms with E-state index in [-0.39, 0.29) is 5.91 Å². The summed E-state index contributed by atoms with van der Waals surface area (Å²) in [5.74, 6) is 1.35. The first-order chi connectivity index (χ1) is 10.8. The minimum absolute atomic E-state index is 0.0144. The van der Waals surface area contributed by atoms with Crippen molar-refractivity contribution >= 4 is 17.5 Å². The number of halogens is 1. The standard InChI is InChI=1S/C18H20ClNO2/c19-12-6-11-18(21)20-13-14-22-17-10-5-4-9-16(17)15-7-2-1-3-8-15/h1-5,7-10H,6,11-14H2,(H,20,21). The molecule has 1 amide bonds. The van der Waals surface area contributed by atoms with Gasteiger partial charge in [0.25, 0.3) is 0 Å². The zero-order valence-electron chi connectivity index (χ0n) is 12.4. The summed E-state index contributed by atoms with van der Waals surface area (Å²) in [6.07, 6.45) is 1.16. The van der Waals surface area contributed by atoms with Crippen molar-refractivity contribution in [1.82, 2.24) is 5.32 Å². The zero-order chi connectivity index (χ0) is 15.6. The molecule has 0 aromatic heterocycles. The van der Waals surface area contributed by atoms with Gasteiger partial charge in [-0.05, 0) is 18.1 Å². The van der Waals surface area contributed by atoms with E-state index in [1.165, 1.54) is 0 Å². The van der Waals surface area contributed by atoms with E-state index in [2.05, 4.69) is 17.4 Å². The lowest BCUT2D eigenvalue weighted by Gasteiger charge is -2.12. The third kappa shape index (κ3) is 5.08. The van der Waals surface area contributed by atoms with Crippen molar-refractivity contribution in [3.05, 3.63) is 54.6 Å². The van der Waals surface area contributed by atoms with E-state index in [9.17, 15) is 4.79 Å². The molecule has 22 heavy (non-hydrogen) atoms. The summed E-state index contributed by atoms with van der Waals surface area (Å²) in [5.41, 5.74) is 2.17. The lowest BCUT2D eigenvalue weighted by Crippen LogP contribution is -2.27. The Morgan fingerprint density at radius 3 is 2.55 bits per heavy atom. The third-order valence-corrected chi connectivity index (χ3v) is 3.46. The zero-order valence-corrected chi connectivity index (χ0v) is 13.2. The number of amides is 1. The Bertz CT molecular complexity index is 587. The minimum atomic E-state index is 0.0144. The maximum atomic E-state index is 11.5. The summed E-state index contributed by atoms with van der Waals surface area (Å²) in [6, 6.07) is 18.0. The molecule has 1 N–H and O–H groups in total. The number of carbonyl (C=O) groups excluding carboxylic acids is 1. The maximum Gasteiger partial charge on any atom is 0.220 e. The van der Waals surface area contributed by atoms with Crippen LogP contribution in [0.1, 0.15) is 12.8 Å². The number of para-hydroxylation sites is 1. The molecule has 3 nitrogen and oxygen atoms in total. The average molecular weight is 318 g/mol. The van der Waals surface area contributed by atoms with E-state index in [1.807, 2.05) is 42.5 Å². The fourth-order valence-electron chi connectivity index (χ4n) is 2.12. The summed E-state index contributed by atoms with van der Waals surface area (Å²) in [4.78, 5) is 11.5. The number of rotatable bonds is 8. The molecule has 0 spiro atoms. The quantitative estimate of drug-likeness (QED) is 0.593. The predicted molar refractivity (Wildman–Crippen MR) is 90.3 cm³/mol. The number of alkyl halides is 1. The second-order valence-corrected chi connectivity index (χ2v) is 5.23. The van der Waals surface area contributed by atoms with Crippen LogP contribution in [0.15, 0.2) is 54.6 Å². The fraction of sp³-hybridized carbons (Fsp3) is 0.278. The van der Waals surface area contributed by atoms with E-state index in [0.29, 0.717) is 31.9 Å². The summed E-state index contributed by atoms with van der Waals surface area (Å²) in [6.45, 7) is 0.931. The highest BCUT2D eigenvalue weighted by Gasteiger charge is 2.05. The molecule has 0 bridgehead atoms. The van der Waals surface area contributed by atoms with Crippen molar-refractivity contribution in [1.29, 1.82) is 0 Å². The molecule has 0 aliphatic rings. The van der Waals surface area contributed by atoms with Gasteiger partial charge in [0.05, 0.1) is 6.54 Å². The number of nitrogens with one attached hydrogen (secondary N) is 1. The molecule has 4 heteroatoms. The van der Waals surface area contributed by atoms with Crippen LogP contribution in [0.5, 0.6) is 5.75 Å². The number of hydrogen-bond donors (Lipinski definition) is 1. The highest BCUT2D eigenvalue weighted by atomic mass is 35.5. The molecule has 2 aromatic carbocycles. The van der Waals surface area contributed by atoms with Crippen LogP contribution in [0.25, 0.3) is 11.1 Å². The smallest absolute Gasteiger partial charge is 0.220 e. The monoisotopic (exact) mass is 317 g/mol. The maximum absolute atomic E-state index is 11.5. The van der Waals surface area contributed by atoms with Gasteiger partial charge in [0.15, 0.2) is 0 Å². The Hall–Kier alpha value is -2.00. The molecule has 0 saturated heterocycles. The predicted octanol–water partition coefficient (Wildman–Crippen LogP) is 3.87. The van der Waals surface area contributed by atoms with Gasteiger partial charge in [-0.1, -0.05) is 48.5 Å². The van der Waals surface area contributed by atoms with Crippen molar-refractivity contribution < 1.29 is 9.53 Å². The summed E-state index contributed by atoms with van der Waals surface area (Å²) in [5, 5.41) is 2.82. The third-order valence-electron chi connectivity index (χ3n) is 3.19. The fourth-order valence-corrected chi connectivity index (χ4v) is 2.25. The number of benzene rings is 2. The molecule has 0 heterocycles. The molecule has 116 valence electrons. The number of ether oxygens (including phenoxy) is 1. The van der Waals surface area contributed by atoms with Crippen LogP contribution in [0.2, 0.25) is 0 Å². The topological polar surface area (TPSA) is 38.3 Å². The van der Waals surface area contributed by atoms with Gasteiger partial charge in [0, 0.05) is 17.9 Å². The average Bonchev–Trinajstić information content (AvgIpc) is 2.58.